The molecule has 4 rings (SSSR count). The maximum atomic E-state index is 13.2. The van der Waals surface area contributed by atoms with Crippen LogP contribution in [0.2, 0.25) is 0 Å². The van der Waals surface area contributed by atoms with E-state index in [1.165, 1.54) is 24.3 Å². The minimum absolute atomic E-state index is 0.0706. The van der Waals surface area contributed by atoms with Gasteiger partial charge in [0.25, 0.3) is 5.91 Å². The molecular weight excluding hydrogens is 397 g/mol. The summed E-state index contributed by atoms with van der Waals surface area (Å²) in [5.74, 6) is -0.497. The van der Waals surface area contributed by atoms with Crippen LogP contribution in [-0.2, 0) is 9.59 Å². The van der Waals surface area contributed by atoms with Crippen molar-refractivity contribution in [3.8, 4) is 0 Å². The van der Waals surface area contributed by atoms with Crippen LogP contribution in [-0.4, -0.2) is 59.7 Å². The molecule has 0 unspecified atom stereocenters. The molecule has 31 heavy (non-hydrogen) atoms. The van der Waals surface area contributed by atoms with Crippen LogP contribution in [0.4, 0.5) is 4.39 Å². The van der Waals surface area contributed by atoms with E-state index in [9.17, 15) is 18.8 Å². The summed E-state index contributed by atoms with van der Waals surface area (Å²) >= 11 is 0. The van der Waals surface area contributed by atoms with Gasteiger partial charge in [-0.15, -0.1) is 0 Å². The van der Waals surface area contributed by atoms with E-state index in [0.717, 1.165) is 45.2 Å². The highest BCUT2D eigenvalue weighted by molar-refractivity contribution is 5.97. The van der Waals surface area contributed by atoms with Gasteiger partial charge in [0, 0.05) is 37.7 Å². The van der Waals surface area contributed by atoms with Crippen molar-refractivity contribution in [2.75, 3.05) is 26.2 Å². The lowest BCUT2D eigenvalue weighted by atomic mass is 9.89. The molecule has 168 valence electrons. The first-order chi connectivity index (χ1) is 14.8. The van der Waals surface area contributed by atoms with E-state index in [1.54, 1.807) is 0 Å². The molecule has 0 bridgehead atoms. The van der Waals surface area contributed by atoms with Gasteiger partial charge in [0.1, 0.15) is 11.9 Å². The lowest BCUT2D eigenvalue weighted by Gasteiger charge is -2.36. The van der Waals surface area contributed by atoms with Crippen molar-refractivity contribution in [1.82, 2.24) is 15.1 Å². The summed E-state index contributed by atoms with van der Waals surface area (Å²) < 4.78 is 13.1. The van der Waals surface area contributed by atoms with Crippen LogP contribution < -0.4 is 5.32 Å². The standard InChI is InChI=1S/C24H32FN3O3/c1-16(2)20(26-21(29)17-5-7-18(25)8-6-17)23(31)28-13-9-24(10-14-28)15-19(24)22(30)27-11-3-4-12-27/h5-8,16,19-20H,3-4,9-15H2,1-2H3,(H,26,29)/t19-,20+/m1/s1. The number of piperidine rings is 1. The van der Waals surface area contributed by atoms with Crippen molar-refractivity contribution >= 4 is 17.7 Å². The highest BCUT2D eigenvalue weighted by atomic mass is 19.1. The van der Waals surface area contributed by atoms with E-state index in [-0.39, 0.29) is 29.1 Å². The topological polar surface area (TPSA) is 69.7 Å². The SMILES string of the molecule is CC(C)[C@H](NC(=O)c1ccc(F)cc1)C(=O)N1CCC2(CC1)C[C@@H]2C(=O)N1CCCC1. The molecule has 6 nitrogen and oxygen atoms in total. The molecule has 2 saturated heterocycles. The Morgan fingerprint density at radius 3 is 2.19 bits per heavy atom. The van der Waals surface area contributed by atoms with Gasteiger partial charge < -0.3 is 15.1 Å². The third kappa shape index (κ3) is 4.46. The zero-order valence-electron chi connectivity index (χ0n) is 18.4. The summed E-state index contributed by atoms with van der Waals surface area (Å²) in [6, 6.07) is 4.68. The number of hydrogen-bond acceptors (Lipinski definition) is 3. The van der Waals surface area contributed by atoms with E-state index in [1.807, 2.05) is 23.6 Å². The predicted molar refractivity (Wildman–Crippen MR) is 115 cm³/mol. The molecule has 1 N–H and O–H groups in total. The van der Waals surface area contributed by atoms with Crippen LogP contribution >= 0.6 is 0 Å². The Kier molecular flexibility index (Phi) is 6.04. The van der Waals surface area contributed by atoms with Crippen molar-refractivity contribution in [3.63, 3.8) is 0 Å². The van der Waals surface area contributed by atoms with Gasteiger partial charge in [-0.05, 0) is 67.7 Å². The number of benzene rings is 1. The molecule has 2 atom stereocenters. The average Bonchev–Trinajstić information content (AvgIpc) is 3.18. The lowest BCUT2D eigenvalue weighted by molar-refractivity contribution is -0.136. The first-order valence-electron chi connectivity index (χ1n) is 11.4. The highest BCUT2D eigenvalue weighted by Gasteiger charge is 2.59. The third-order valence-corrected chi connectivity index (χ3v) is 7.30. The summed E-state index contributed by atoms with van der Waals surface area (Å²) in [6.45, 7) is 6.84. The van der Waals surface area contributed by atoms with E-state index >= 15 is 0 Å². The number of nitrogens with zero attached hydrogens (tertiary/aromatic N) is 2. The summed E-state index contributed by atoms with van der Waals surface area (Å²) in [4.78, 5) is 42.3. The predicted octanol–water partition coefficient (Wildman–Crippen LogP) is 2.83. The Morgan fingerprint density at radius 1 is 1.00 bits per heavy atom. The van der Waals surface area contributed by atoms with Crippen molar-refractivity contribution < 1.29 is 18.8 Å². The van der Waals surface area contributed by atoms with E-state index in [4.69, 9.17) is 0 Å². The molecular formula is C24H32FN3O3. The number of carbonyl (C=O) groups is 3. The first kappa shape index (κ1) is 21.8. The number of likely N-dealkylation sites (tertiary alicyclic amines) is 2. The smallest absolute Gasteiger partial charge is 0.251 e. The minimum atomic E-state index is -0.632. The fourth-order valence-electron chi connectivity index (χ4n) is 5.12. The molecule has 3 aliphatic rings. The van der Waals surface area contributed by atoms with E-state index in [2.05, 4.69) is 5.32 Å². The first-order valence-corrected chi connectivity index (χ1v) is 11.4. The Labute approximate surface area is 183 Å². The maximum absolute atomic E-state index is 13.2. The van der Waals surface area contributed by atoms with Gasteiger partial charge in [0.2, 0.25) is 11.8 Å². The van der Waals surface area contributed by atoms with Crippen LogP contribution in [0, 0.1) is 23.1 Å². The minimum Gasteiger partial charge on any atom is -0.342 e. The van der Waals surface area contributed by atoms with Crippen molar-refractivity contribution in [2.24, 2.45) is 17.3 Å². The van der Waals surface area contributed by atoms with Crippen molar-refractivity contribution in [2.45, 2.75) is 52.0 Å². The van der Waals surface area contributed by atoms with E-state index < -0.39 is 11.9 Å². The highest BCUT2D eigenvalue weighted by Crippen LogP contribution is 2.60. The molecule has 1 spiro atoms. The molecule has 7 heteroatoms. The van der Waals surface area contributed by atoms with Crippen LogP contribution in [0.15, 0.2) is 24.3 Å². The number of hydrogen-bond donors (Lipinski definition) is 1. The molecule has 0 aromatic heterocycles. The fraction of sp³-hybridized carbons (Fsp3) is 0.625. The van der Waals surface area contributed by atoms with Gasteiger partial charge >= 0.3 is 0 Å². The van der Waals surface area contributed by atoms with Gasteiger partial charge in [-0.3, -0.25) is 14.4 Å². The number of halogens is 1. The van der Waals surface area contributed by atoms with Gasteiger partial charge in [-0.1, -0.05) is 13.8 Å². The van der Waals surface area contributed by atoms with Crippen LogP contribution in [0.5, 0.6) is 0 Å². The molecule has 1 saturated carbocycles. The molecule has 1 aliphatic carbocycles. The monoisotopic (exact) mass is 429 g/mol. The number of amides is 3. The Bertz CT molecular complexity index is 840. The van der Waals surface area contributed by atoms with E-state index in [0.29, 0.717) is 24.6 Å². The Balaban J connectivity index is 1.33. The Hall–Kier alpha value is -2.44. The summed E-state index contributed by atoms with van der Waals surface area (Å²) in [5.41, 5.74) is 0.403. The largest absolute Gasteiger partial charge is 0.342 e. The van der Waals surface area contributed by atoms with Crippen LogP contribution in [0.25, 0.3) is 0 Å². The van der Waals surface area contributed by atoms with Gasteiger partial charge in [0.15, 0.2) is 0 Å². The average molecular weight is 430 g/mol. The molecule has 2 heterocycles. The second kappa shape index (κ2) is 8.60. The van der Waals surface area contributed by atoms with Crippen molar-refractivity contribution in [1.29, 1.82) is 0 Å². The Morgan fingerprint density at radius 2 is 1.61 bits per heavy atom. The van der Waals surface area contributed by atoms with Crippen LogP contribution in [0.1, 0.15) is 56.3 Å². The zero-order valence-corrected chi connectivity index (χ0v) is 18.4. The summed E-state index contributed by atoms with van der Waals surface area (Å²) in [6.07, 6.45) is 4.85. The molecule has 3 fully saturated rings. The van der Waals surface area contributed by atoms with Gasteiger partial charge in [-0.2, -0.15) is 0 Å². The molecule has 2 aliphatic heterocycles. The second-order valence-electron chi connectivity index (χ2n) is 9.68. The maximum Gasteiger partial charge on any atom is 0.251 e. The molecule has 3 amide bonds. The zero-order chi connectivity index (χ0) is 22.2. The second-order valence-corrected chi connectivity index (χ2v) is 9.68. The summed E-state index contributed by atoms with van der Waals surface area (Å²) in [5, 5.41) is 2.84. The number of rotatable bonds is 5. The molecule has 1 aromatic carbocycles. The molecule has 1 aromatic rings. The van der Waals surface area contributed by atoms with Crippen LogP contribution in [0.3, 0.4) is 0 Å². The number of carbonyl (C=O) groups excluding carboxylic acids is 3. The lowest BCUT2D eigenvalue weighted by Crippen LogP contribution is -2.53. The normalized spacial score (nSPS) is 23.2. The summed E-state index contributed by atoms with van der Waals surface area (Å²) in [7, 11) is 0. The number of nitrogens with one attached hydrogen (secondary N) is 1. The van der Waals surface area contributed by atoms with Crippen molar-refractivity contribution in [3.05, 3.63) is 35.6 Å². The third-order valence-electron chi connectivity index (χ3n) is 7.30. The quantitative estimate of drug-likeness (QED) is 0.783. The molecule has 0 radical (unpaired) electrons. The van der Waals surface area contributed by atoms with Gasteiger partial charge in [0.05, 0.1) is 0 Å². The van der Waals surface area contributed by atoms with Gasteiger partial charge in [-0.25, -0.2) is 4.39 Å². The fourth-order valence-corrected chi connectivity index (χ4v) is 5.12.